The van der Waals surface area contributed by atoms with Crippen molar-refractivity contribution in [3.8, 4) is 5.75 Å². The number of ether oxygens (including phenoxy) is 1. The Balaban J connectivity index is 1.85. The number of carbonyl (C=O) groups is 1. The molecule has 2 heterocycles. The van der Waals surface area contributed by atoms with E-state index >= 15 is 0 Å². The molecule has 0 bridgehead atoms. The number of amides is 2. The molecule has 2 N–H and O–H groups in total. The molecule has 0 radical (unpaired) electrons. The van der Waals surface area contributed by atoms with Crippen molar-refractivity contribution in [3.63, 3.8) is 0 Å². The zero-order chi connectivity index (χ0) is 26.5. The maximum atomic E-state index is 13.7. The lowest BCUT2D eigenvalue weighted by atomic mass is 9.80. The van der Waals surface area contributed by atoms with Gasteiger partial charge in [-0.25, -0.2) is 9.78 Å². The maximum absolute atomic E-state index is 13.7. The molecule has 192 valence electrons. The van der Waals surface area contributed by atoms with Crippen LogP contribution in [-0.2, 0) is 12.0 Å². The van der Waals surface area contributed by atoms with Gasteiger partial charge in [0.1, 0.15) is 11.3 Å². The SMILES string of the molecule is O=C(Nc1nccs1)N[C@@](Cc1ccccc1)(c1cccc(OC(F)(F)C(F)F)c1)c1ccc(I)cn1. The van der Waals surface area contributed by atoms with Crippen LogP contribution in [0.25, 0.3) is 0 Å². The number of nitrogens with one attached hydrogen (secondary N) is 2. The predicted molar refractivity (Wildman–Crippen MR) is 140 cm³/mol. The Labute approximate surface area is 227 Å². The molecule has 12 heteroatoms. The van der Waals surface area contributed by atoms with Gasteiger partial charge in [0.2, 0.25) is 0 Å². The van der Waals surface area contributed by atoms with Crippen LogP contribution in [0, 0.1) is 3.57 Å². The summed E-state index contributed by atoms with van der Waals surface area (Å²) in [5.74, 6) is -0.493. The van der Waals surface area contributed by atoms with Gasteiger partial charge in [0, 0.05) is 27.8 Å². The average molecular weight is 642 g/mol. The van der Waals surface area contributed by atoms with Crippen LogP contribution in [-0.4, -0.2) is 28.5 Å². The van der Waals surface area contributed by atoms with Crippen molar-refractivity contribution in [2.45, 2.75) is 24.5 Å². The van der Waals surface area contributed by atoms with Crippen molar-refractivity contribution < 1.29 is 27.1 Å². The number of rotatable bonds is 9. The number of carbonyl (C=O) groups excluding carboxylic acids is 1. The van der Waals surface area contributed by atoms with Gasteiger partial charge in [0.25, 0.3) is 0 Å². The fourth-order valence-electron chi connectivity index (χ4n) is 3.69. The first-order chi connectivity index (χ1) is 17.7. The Kier molecular flexibility index (Phi) is 8.27. The van der Waals surface area contributed by atoms with Gasteiger partial charge in [-0.05, 0) is 58.0 Å². The number of alkyl halides is 4. The van der Waals surface area contributed by atoms with E-state index < -0.39 is 29.9 Å². The van der Waals surface area contributed by atoms with Crippen LogP contribution in [0.3, 0.4) is 0 Å². The molecule has 0 aliphatic carbocycles. The third kappa shape index (κ3) is 6.55. The van der Waals surface area contributed by atoms with Crippen LogP contribution in [0.15, 0.2) is 84.5 Å². The Morgan fingerprint density at radius 2 is 1.84 bits per heavy atom. The molecule has 2 aromatic carbocycles. The Morgan fingerprint density at radius 3 is 2.49 bits per heavy atom. The lowest BCUT2D eigenvalue weighted by Crippen LogP contribution is -2.50. The summed E-state index contributed by atoms with van der Waals surface area (Å²) in [7, 11) is 0. The number of nitrogens with zero attached hydrogens (tertiary/aromatic N) is 2. The summed E-state index contributed by atoms with van der Waals surface area (Å²) in [6.07, 6.45) is -5.44. The normalized spacial score (nSPS) is 13.1. The van der Waals surface area contributed by atoms with E-state index in [0.29, 0.717) is 16.4 Å². The molecule has 4 rings (SSSR count). The summed E-state index contributed by atoms with van der Waals surface area (Å²) < 4.78 is 58.3. The fraction of sp³-hybridized carbons (Fsp3) is 0.160. The number of pyridine rings is 1. The molecule has 0 spiro atoms. The van der Waals surface area contributed by atoms with Gasteiger partial charge in [-0.15, -0.1) is 11.3 Å². The molecule has 0 saturated heterocycles. The first-order valence-corrected chi connectivity index (χ1v) is 12.7. The highest BCUT2D eigenvalue weighted by molar-refractivity contribution is 14.1. The van der Waals surface area contributed by atoms with Crippen molar-refractivity contribution in [1.82, 2.24) is 15.3 Å². The minimum atomic E-state index is -4.70. The molecule has 0 unspecified atom stereocenters. The van der Waals surface area contributed by atoms with Crippen molar-refractivity contribution in [3.05, 3.63) is 105 Å². The standard InChI is InChI=1S/C25H19F4IN4O2S/c26-21(27)25(28,29)36-19-8-4-7-17(13-19)24(14-16-5-2-1-3-6-16,20-10-9-18(30)15-32-20)34-22(35)33-23-31-11-12-37-23/h1-13,15,21H,14H2,(H2,31,33,34,35)/t24-/m0/s1. The highest BCUT2D eigenvalue weighted by Gasteiger charge is 2.44. The summed E-state index contributed by atoms with van der Waals surface area (Å²) in [6, 6.07) is 17.3. The quantitative estimate of drug-likeness (QED) is 0.158. The molecule has 2 aromatic heterocycles. The van der Waals surface area contributed by atoms with E-state index in [2.05, 4.69) is 47.9 Å². The number of hydrogen-bond acceptors (Lipinski definition) is 5. The van der Waals surface area contributed by atoms with Gasteiger partial charge in [-0.3, -0.25) is 10.3 Å². The molecule has 6 nitrogen and oxygen atoms in total. The van der Waals surface area contributed by atoms with E-state index in [1.165, 1.54) is 29.7 Å². The summed E-state index contributed by atoms with van der Waals surface area (Å²) in [4.78, 5) is 21.8. The number of aromatic nitrogens is 2. The van der Waals surface area contributed by atoms with Crippen molar-refractivity contribution in [2.24, 2.45) is 0 Å². The van der Waals surface area contributed by atoms with E-state index in [1.807, 2.05) is 30.3 Å². The molecule has 4 aromatic rings. The summed E-state index contributed by atoms with van der Waals surface area (Å²) in [5, 5.41) is 7.64. The van der Waals surface area contributed by atoms with Gasteiger partial charge >= 0.3 is 18.6 Å². The molecule has 37 heavy (non-hydrogen) atoms. The number of anilines is 1. The van der Waals surface area contributed by atoms with Crippen LogP contribution in [0.2, 0.25) is 0 Å². The predicted octanol–water partition coefficient (Wildman–Crippen LogP) is 6.69. The zero-order valence-electron chi connectivity index (χ0n) is 18.9. The second-order valence-electron chi connectivity index (χ2n) is 7.84. The Morgan fingerprint density at radius 1 is 1.05 bits per heavy atom. The maximum Gasteiger partial charge on any atom is 0.461 e. The van der Waals surface area contributed by atoms with Crippen molar-refractivity contribution in [2.75, 3.05) is 5.32 Å². The first kappa shape index (κ1) is 26.8. The fourth-order valence-corrected chi connectivity index (χ4v) is 4.53. The van der Waals surface area contributed by atoms with Gasteiger partial charge in [-0.2, -0.15) is 17.6 Å². The zero-order valence-corrected chi connectivity index (χ0v) is 21.9. The molecule has 1 atom stereocenters. The van der Waals surface area contributed by atoms with Gasteiger partial charge in [0.15, 0.2) is 5.13 Å². The van der Waals surface area contributed by atoms with Crippen LogP contribution in [0.1, 0.15) is 16.8 Å². The number of thiazole rings is 1. The highest BCUT2D eigenvalue weighted by Crippen LogP contribution is 2.36. The van der Waals surface area contributed by atoms with Gasteiger partial charge in [0.05, 0.1) is 5.69 Å². The van der Waals surface area contributed by atoms with Crippen molar-refractivity contribution >= 4 is 45.1 Å². The lowest BCUT2D eigenvalue weighted by molar-refractivity contribution is -0.253. The van der Waals surface area contributed by atoms with Gasteiger partial charge in [-0.1, -0.05) is 42.5 Å². The number of benzene rings is 2. The number of halogens is 5. The number of urea groups is 1. The van der Waals surface area contributed by atoms with Crippen molar-refractivity contribution in [1.29, 1.82) is 0 Å². The second-order valence-corrected chi connectivity index (χ2v) is 9.98. The summed E-state index contributed by atoms with van der Waals surface area (Å²) >= 11 is 3.30. The van der Waals surface area contributed by atoms with E-state index in [-0.39, 0.29) is 6.42 Å². The van der Waals surface area contributed by atoms with Gasteiger partial charge < -0.3 is 10.1 Å². The Bertz CT molecular complexity index is 1330. The monoisotopic (exact) mass is 642 g/mol. The number of hydrogen-bond donors (Lipinski definition) is 2. The van der Waals surface area contributed by atoms with E-state index in [0.717, 1.165) is 15.2 Å². The highest BCUT2D eigenvalue weighted by atomic mass is 127. The largest absolute Gasteiger partial charge is 0.461 e. The van der Waals surface area contributed by atoms with Crippen LogP contribution in [0.4, 0.5) is 27.5 Å². The van der Waals surface area contributed by atoms with E-state index in [4.69, 9.17) is 0 Å². The third-order valence-corrected chi connectivity index (χ3v) is 6.62. The van der Waals surface area contributed by atoms with E-state index in [1.54, 1.807) is 29.8 Å². The molecule has 2 amide bonds. The smallest absolute Gasteiger partial charge is 0.428 e. The molecular weight excluding hydrogens is 623 g/mol. The van der Waals surface area contributed by atoms with Crippen LogP contribution < -0.4 is 15.4 Å². The first-order valence-electron chi connectivity index (χ1n) is 10.8. The molecule has 0 fully saturated rings. The van der Waals surface area contributed by atoms with Crippen LogP contribution in [0.5, 0.6) is 5.75 Å². The third-order valence-electron chi connectivity index (χ3n) is 5.29. The Hall–Kier alpha value is -3.26. The van der Waals surface area contributed by atoms with Crippen LogP contribution >= 0.6 is 33.9 Å². The minimum absolute atomic E-state index is 0.154. The molecule has 0 saturated carbocycles. The molecular formula is C25H19F4IN4O2S. The molecule has 0 aliphatic rings. The lowest BCUT2D eigenvalue weighted by Gasteiger charge is -2.35. The van der Waals surface area contributed by atoms with E-state index in [9.17, 15) is 22.4 Å². The topological polar surface area (TPSA) is 76.1 Å². The minimum Gasteiger partial charge on any atom is -0.428 e. The summed E-state index contributed by atoms with van der Waals surface area (Å²) in [6.45, 7) is 0. The second kappa shape index (κ2) is 11.4. The average Bonchev–Trinajstić information content (AvgIpc) is 3.37. The summed E-state index contributed by atoms with van der Waals surface area (Å²) in [5.41, 5.74) is 0.0689. The molecule has 0 aliphatic heterocycles.